The topological polar surface area (TPSA) is 176 Å². The fourth-order valence-electron chi connectivity index (χ4n) is 4.09. The second-order valence-corrected chi connectivity index (χ2v) is 13.8. The number of anilines is 1. The Morgan fingerprint density at radius 3 is 1.71 bits per heavy atom. The molecule has 4 aromatic rings. The third-order valence-electron chi connectivity index (χ3n) is 6.47. The SMILES string of the molecule is N[C@H](Cc1ccc(Cl)cc1Cl)C(=O)O.O=C(NC(Cc1ccc(Cl)cc1Cl)C(=O)O)c1ccc(Cl)cc1NS(=O)(=O)c1c(F)cccc1F. The number of sulfonamides is 1. The summed E-state index contributed by atoms with van der Waals surface area (Å²) in [6.45, 7) is 0. The highest BCUT2D eigenvalue weighted by Crippen LogP contribution is 2.28. The fraction of sp³-hybridized carbons (Fsp3) is 0.129. The molecular weight excluding hydrogens is 774 g/mol. The van der Waals surface area contributed by atoms with Crippen molar-refractivity contribution in [3.63, 3.8) is 0 Å². The standard InChI is InChI=1S/C22H15Cl3F2N2O5S.C9H9Cl2NO2/c23-12-5-4-11(15(25)9-12)8-19(22(31)32)28-21(30)14-7-6-13(24)10-18(14)29-35(33,34)20-16(26)2-1-3-17(20)27;10-6-2-1-5(7(11)4-6)3-8(12)9(13)14/h1-7,9-10,19,29H,8H2,(H,28,30)(H,31,32);1-2,4,8H,3,12H2,(H,13,14)/t;8-/m.1/s1. The second-order valence-electron chi connectivity index (χ2n) is 10.0. The zero-order chi connectivity index (χ0) is 36.6. The van der Waals surface area contributed by atoms with Crippen LogP contribution in [0.25, 0.3) is 0 Å². The second kappa shape index (κ2) is 17.3. The fourth-order valence-corrected chi connectivity index (χ4v) is 6.44. The number of halogens is 7. The Morgan fingerprint density at radius 1 is 0.735 bits per heavy atom. The number of benzene rings is 4. The van der Waals surface area contributed by atoms with Gasteiger partial charge in [-0.05, 0) is 72.1 Å². The Labute approximate surface area is 303 Å². The summed E-state index contributed by atoms with van der Waals surface area (Å²) in [5.41, 5.74) is 5.67. The Bertz CT molecular complexity index is 1980. The molecule has 6 N–H and O–H groups in total. The first-order valence-corrected chi connectivity index (χ1v) is 16.9. The molecule has 18 heteroatoms. The summed E-state index contributed by atoms with van der Waals surface area (Å²) in [5, 5.41) is 21.9. The van der Waals surface area contributed by atoms with Gasteiger partial charge in [-0.1, -0.05) is 76.2 Å². The maximum absolute atomic E-state index is 14.1. The number of carboxylic acid groups (broad SMARTS) is 2. The summed E-state index contributed by atoms with van der Waals surface area (Å²) in [4.78, 5) is 33.9. The smallest absolute Gasteiger partial charge is 0.326 e. The van der Waals surface area contributed by atoms with Crippen molar-refractivity contribution < 1.29 is 41.8 Å². The van der Waals surface area contributed by atoms with Crippen LogP contribution in [0.5, 0.6) is 0 Å². The van der Waals surface area contributed by atoms with Crippen molar-refractivity contribution in [2.24, 2.45) is 5.73 Å². The molecule has 0 aliphatic carbocycles. The number of rotatable bonds is 11. The number of carbonyl (C=O) groups is 3. The third-order valence-corrected chi connectivity index (χ3v) is 9.30. The van der Waals surface area contributed by atoms with Crippen LogP contribution >= 0.6 is 58.0 Å². The summed E-state index contributed by atoms with van der Waals surface area (Å²) in [6.07, 6.45) is -0.0164. The van der Waals surface area contributed by atoms with Crippen molar-refractivity contribution in [3.05, 3.63) is 126 Å². The number of carboxylic acids is 2. The number of aliphatic carboxylic acids is 2. The summed E-state index contributed by atoms with van der Waals surface area (Å²) in [5.74, 6) is -6.14. The van der Waals surface area contributed by atoms with Crippen LogP contribution in [0.4, 0.5) is 14.5 Å². The lowest BCUT2D eigenvalue weighted by Gasteiger charge is -2.18. The van der Waals surface area contributed by atoms with E-state index in [1.807, 2.05) is 4.72 Å². The molecular formula is C31H24Cl5F2N3O7S. The molecule has 0 heterocycles. The Morgan fingerprint density at radius 2 is 1.22 bits per heavy atom. The highest BCUT2D eigenvalue weighted by Gasteiger charge is 2.28. The lowest BCUT2D eigenvalue weighted by atomic mass is 10.0. The maximum atomic E-state index is 14.1. The molecule has 1 amide bonds. The molecule has 1 unspecified atom stereocenters. The van der Waals surface area contributed by atoms with Crippen LogP contribution in [-0.2, 0) is 32.5 Å². The minimum absolute atomic E-state index is 0.00372. The van der Waals surface area contributed by atoms with Crippen LogP contribution in [0, 0.1) is 11.6 Å². The summed E-state index contributed by atoms with van der Waals surface area (Å²) in [6, 6.07) is 12.8. The molecule has 260 valence electrons. The lowest BCUT2D eigenvalue weighted by Crippen LogP contribution is -2.42. The zero-order valence-electron chi connectivity index (χ0n) is 24.6. The van der Waals surface area contributed by atoms with Gasteiger partial charge in [0.1, 0.15) is 23.7 Å². The van der Waals surface area contributed by atoms with Crippen LogP contribution in [0.3, 0.4) is 0 Å². The molecule has 4 aromatic carbocycles. The monoisotopic (exact) mass is 795 g/mol. The third kappa shape index (κ3) is 11.2. The first-order chi connectivity index (χ1) is 22.9. The van der Waals surface area contributed by atoms with Gasteiger partial charge < -0.3 is 21.3 Å². The van der Waals surface area contributed by atoms with E-state index in [2.05, 4.69) is 5.32 Å². The van der Waals surface area contributed by atoms with Crippen molar-refractivity contribution >= 4 is 91.6 Å². The van der Waals surface area contributed by atoms with Gasteiger partial charge in [0.2, 0.25) is 0 Å². The quantitative estimate of drug-likeness (QED) is 0.107. The van der Waals surface area contributed by atoms with E-state index >= 15 is 0 Å². The summed E-state index contributed by atoms with van der Waals surface area (Å²) < 4.78 is 55.4. The Hall–Kier alpha value is -3.69. The van der Waals surface area contributed by atoms with Gasteiger partial charge in [0, 0.05) is 31.5 Å². The number of nitrogens with one attached hydrogen (secondary N) is 2. The van der Waals surface area contributed by atoms with Gasteiger partial charge >= 0.3 is 11.9 Å². The average molecular weight is 798 g/mol. The van der Waals surface area contributed by atoms with Crippen LogP contribution in [0.1, 0.15) is 21.5 Å². The van der Waals surface area contributed by atoms with Crippen molar-refractivity contribution in [1.29, 1.82) is 0 Å². The predicted molar refractivity (Wildman–Crippen MR) is 183 cm³/mol. The Balaban J connectivity index is 0.000000388. The van der Waals surface area contributed by atoms with Crippen LogP contribution in [-0.4, -0.2) is 48.6 Å². The molecule has 0 aliphatic rings. The average Bonchev–Trinajstić information content (AvgIpc) is 2.99. The molecule has 0 aromatic heterocycles. The van der Waals surface area contributed by atoms with Gasteiger partial charge in [-0.25, -0.2) is 22.0 Å². The van der Waals surface area contributed by atoms with E-state index in [0.29, 0.717) is 26.2 Å². The molecule has 10 nitrogen and oxygen atoms in total. The van der Waals surface area contributed by atoms with Crippen LogP contribution in [0.2, 0.25) is 25.1 Å². The van der Waals surface area contributed by atoms with E-state index < -0.39 is 62.2 Å². The van der Waals surface area contributed by atoms with Gasteiger partial charge in [-0.3, -0.25) is 14.3 Å². The predicted octanol–water partition coefficient (Wildman–Crippen LogP) is 7.10. The first-order valence-electron chi connectivity index (χ1n) is 13.6. The number of carbonyl (C=O) groups excluding carboxylic acids is 1. The first kappa shape index (κ1) is 39.7. The molecule has 0 aliphatic heterocycles. The number of amides is 1. The molecule has 0 radical (unpaired) electrons. The number of hydrogen-bond acceptors (Lipinski definition) is 6. The summed E-state index contributed by atoms with van der Waals surface area (Å²) >= 11 is 29.4. The van der Waals surface area contributed by atoms with Crippen molar-refractivity contribution in [2.45, 2.75) is 29.8 Å². The molecule has 0 fully saturated rings. The normalized spacial score (nSPS) is 12.2. The molecule has 2 atom stereocenters. The van der Waals surface area contributed by atoms with Gasteiger partial charge in [-0.2, -0.15) is 0 Å². The zero-order valence-corrected chi connectivity index (χ0v) is 29.2. The molecule has 0 saturated carbocycles. The van der Waals surface area contributed by atoms with Crippen molar-refractivity contribution in [1.82, 2.24) is 5.32 Å². The molecule has 4 rings (SSSR count). The largest absolute Gasteiger partial charge is 0.480 e. The minimum Gasteiger partial charge on any atom is -0.480 e. The summed E-state index contributed by atoms with van der Waals surface area (Å²) in [7, 11) is -4.84. The van der Waals surface area contributed by atoms with Crippen LogP contribution < -0.4 is 15.8 Å². The van der Waals surface area contributed by atoms with E-state index in [0.717, 1.165) is 30.3 Å². The van der Waals surface area contributed by atoms with Gasteiger partial charge in [0.25, 0.3) is 15.9 Å². The van der Waals surface area contributed by atoms with Crippen molar-refractivity contribution in [3.8, 4) is 0 Å². The molecule has 0 spiro atoms. The maximum Gasteiger partial charge on any atom is 0.326 e. The highest BCUT2D eigenvalue weighted by atomic mass is 35.5. The van der Waals surface area contributed by atoms with E-state index in [1.54, 1.807) is 18.2 Å². The highest BCUT2D eigenvalue weighted by molar-refractivity contribution is 7.92. The van der Waals surface area contributed by atoms with E-state index in [-0.39, 0.29) is 28.5 Å². The molecule has 49 heavy (non-hydrogen) atoms. The minimum atomic E-state index is -4.84. The van der Waals surface area contributed by atoms with E-state index in [1.165, 1.54) is 24.3 Å². The number of hydrogen-bond donors (Lipinski definition) is 5. The number of nitrogens with two attached hydrogens (primary N) is 1. The van der Waals surface area contributed by atoms with E-state index in [4.69, 9.17) is 68.8 Å². The lowest BCUT2D eigenvalue weighted by molar-refractivity contribution is -0.139. The van der Waals surface area contributed by atoms with Crippen LogP contribution in [0.15, 0.2) is 77.7 Å². The molecule has 0 bridgehead atoms. The van der Waals surface area contributed by atoms with E-state index in [9.17, 15) is 36.7 Å². The molecule has 0 saturated heterocycles. The Kier molecular flexibility index (Phi) is 14.0. The van der Waals surface area contributed by atoms with Gasteiger partial charge in [0.05, 0.1) is 11.3 Å². The van der Waals surface area contributed by atoms with Crippen molar-refractivity contribution in [2.75, 3.05) is 4.72 Å². The van der Waals surface area contributed by atoms with Gasteiger partial charge in [-0.15, -0.1) is 0 Å². The van der Waals surface area contributed by atoms with Gasteiger partial charge in [0.15, 0.2) is 4.90 Å².